The van der Waals surface area contributed by atoms with Crippen LogP contribution in [-0.4, -0.2) is 17.2 Å². The van der Waals surface area contributed by atoms with Crippen molar-refractivity contribution in [1.82, 2.24) is 0 Å². The smallest absolute Gasteiger partial charge is 0.423 e. The van der Waals surface area contributed by atoms with E-state index in [2.05, 4.69) is 0 Å². The number of hydrogen-bond donors (Lipinski definition) is 2. The van der Waals surface area contributed by atoms with Crippen molar-refractivity contribution in [2.24, 2.45) is 0 Å². The van der Waals surface area contributed by atoms with E-state index in [9.17, 15) is 4.39 Å². The minimum Gasteiger partial charge on any atom is -0.423 e. The molecule has 3 nitrogen and oxygen atoms in total. The quantitative estimate of drug-likeness (QED) is 0.828. The number of ether oxygens (including phenoxy) is 1. The highest BCUT2D eigenvalue weighted by Gasteiger charge is 2.16. The zero-order valence-electron chi connectivity index (χ0n) is 10.6. The maximum absolute atomic E-state index is 13.3. The maximum Gasteiger partial charge on any atom is 0.491 e. The van der Waals surface area contributed by atoms with E-state index in [1.807, 2.05) is 18.2 Å². The number of benzene rings is 2. The summed E-state index contributed by atoms with van der Waals surface area (Å²) in [7, 11) is -1.83. The third kappa shape index (κ3) is 3.80. The second-order valence-corrected chi connectivity index (χ2v) is 4.72. The Bertz CT molecular complexity index is 592. The van der Waals surface area contributed by atoms with Crippen molar-refractivity contribution in [3.05, 3.63) is 64.4 Å². The topological polar surface area (TPSA) is 49.7 Å². The second kappa shape index (κ2) is 6.86. The Kier molecular flexibility index (Phi) is 5.14. The molecule has 0 atom stereocenters. The van der Waals surface area contributed by atoms with Crippen molar-refractivity contribution >= 4 is 24.2 Å². The first-order chi connectivity index (χ1) is 9.58. The van der Waals surface area contributed by atoms with E-state index in [-0.39, 0.29) is 12.1 Å². The highest BCUT2D eigenvalue weighted by molar-refractivity contribution is 6.58. The van der Waals surface area contributed by atoms with Gasteiger partial charge in [0.2, 0.25) is 0 Å². The lowest BCUT2D eigenvalue weighted by Crippen LogP contribution is -2.33. The van der Waals surface area contributed by atoms with Crippen LogP contribution < -0.4 is 5.46 Å². The van der Waals surface area contributed by atoms with Crippen LogP contribution in [-0.2, 0) is 18.0 Å². The molecule has 0 aliphatic carbocycles. The van der Waals surface area contributed by atoms with E-state index in [0.717, 1.165) is 5.56 Å². The molecule has 2 aromatic carbocycles. The van der Waals surface area contributed by atoms with Crippen molar-refractivity contribution in [2.45, 2.75) is 13.2 Å². The Morgan fingerprint density at radius 1 is 1.10 bits per heavy atom. The predicted molar refractivity (Wildman–Crippen MR) is 76.2 cm³/mol. The zero-order chi connectivity index (χ0) is 14.5. The van der Waals surface area contributed by atoms with Gasteiger partial charge in [-0.25, -0.2) is 4.39 Å². The van der Waals surface area contributed by atoms with Gasteiger partial charge in [0.1, 0.15) is 5.82 Å². The molecule has 104 valence electrons. The fourth-order valence-electron chi connectivity index (χ4n) is 1.78. The first-order valence-electron chi connectivity index (χ1n) is 6.03. The Morgan fingerprint density at radius 2 is 1.85 bits per heavy atom. The van der Waals surface area contributed by atoms with Gasteiger partial charge in [0.25, 0.3) is 0 Å². The maximum atomic E-state index is 13.3. The molecule has 0 aliphatic heterocycles. The molecule has 2 N–H and O–H groups in total. The predicted octanol–water partition coefficient (Wildman–Crippen LogP) is 1.88. The SMILES string of the molecule is OB(O)c1cc(COCc2ccccc2Cl)ccc1F. The van der Waals surface area contributed by atoms with Crippen LogP contribution >= 0.6 is 11.6 Å². The standard InChI is InChI=1S/C14H13BClFO3/c16-13-4-2-1-3-11(13)9-20-8-10-5-6-14(17)12(7-10)15(18)19/h1-7,18-19H,8-9H2. The fourth-order valence-corrected chi connectivity index (χ4v) is 1.97. The molecule has 0 fully saturated rings. The molecule has 0 amide bonds. The molecule has 0 aromatic heterocycles. The van der Waals surface area contributed by atoms with Crippen molar-refractivity contribution in [1.29, 1.82) is 0 Å². The summed E-state index contributed by atoms with van der Waals surface area (Å²) in [4.78, 5) is 0. The van der Waals surface area contributed by atoms with E-state index >= 15 is 0 Å². The third-order valence-corrected chi connectivity index (χ3v) is 3.19. The molecule has 0 saturated carbocycles. The average Bonchev–Trinajstić information content (AvgIpc) is 2.42. The van der Waals surface area contributed by atoms with Gasteiger partial charge in [-0.2, -0.15) is 0 Å². The van der Waals surface area contributed by atoms with Gasteiger partial charge >= 0.3 is 7.12 Å². The Balaban J connectivity index is 1.98. The van der Waals surface area contributed by atoms with Gasteiger partial charge in [0.05, 0.1) is 13.2 Å². The monoisotopic (exact) mass is 294 g/mol. The minimum atomic E-state index is -1.83. The minimum absolute atomic E-state index is 0.163. The van der Waals surface area contributed by atoms with Crippen molar-refractivity contribution < 1.29 is 19.2 Å². The number of halogens is 2. The largest absolute Gasteiger partial charge is 0.491 e. The molecule has 2 rings (SSSR count). The molecule has 0 unspecified atom stereocenters. The van der Waals surface area contributed by atoms with E-state index < -0.39 is 12.9 Å². The molecule has 6 heteroatoms. The van der Waals surface area contributed by atoms with Crippen LogP contribution in [0.1, 0.15) is 11.1 Å². The van der Waals surface area contributed by atoms with Crippen LogP contribution in [0.25, 0.3) is 0 Å². The van der Waals surface area contributed by atoms with Crippen LogP contribution in [0.2, 0.25) is 5.02 Å². The summed E-state index contributed by atoms with van der Waals surface area (Å²) in [5, 5.41) is 18.7. The third-order valence-electron chi connectivity index (χ3n) is 2.82. The van der Waals surface area contributed by atoms with E-state index in [1.54, 1.807) is 6.07 Å². The number of rotatable bonds is 5. The molecule has 20 heavy (non-hydrogen) atoms. The molecule has 0 radical (unpaired) electrons. The fraction of sp³-hybridized carbons (Fsp3) is 0.143. The second-order valence-electron chi connectivity index (χ2n) is 4.31. The van der Waals surface area contributed by atoms with Crippen LogP contribution in [0.15, 0.2) is 42.5 Å². The summed E-state index contributed by atoms with van der Waals surface area (Å²) in [6.45, 7) is 0.555. The van der Waals surface area contributed by atoms with Gasteiger partial charge < -0.3 is 14.8 Å². The van der Waals surface area contributed by atoms with Gasteiger partial charge in [-0.15, -0.1) is 0 Å². The van der Waals surface area contributed by atoms with Gasteiger partial charge in [0, 0.05) is 10.5 Å². The van der Waals surface area contributed by atoms with Gasteiger partial charge in [0.15, 0.2) is 0 Å². The van der Waals surface area contributed by atoms with Crippen LogP contribution in [0.5, 0.6) is 0 Å². The summed E-state index contributed by atoms with van der Waals surface area (Å²) in [6, 6.07) is 11.4. The summed E-state index contributed by atoms with van der Waals surface area (Å²) in [6.07, 6.45) is 0. The lowest BCUT2D eigenvalue weighted by atomic mass is 9.79. The Hall–Kier alpha value is -1.40. The Morgan fingerprint density at radius 3 is 2.55 bits per heavy atom. The average molecular weight is 295 g/mol. The van der Waals surface area contributed by atoms with Gasteiger partial charge in [-0.3, -0.25) is 0 Å². The summed E-state index contributed by atoms with van der Waals surface area (Å²) in [5.74, 6) is -0.658. The summed E-state index contributed by atoms with van der Waals surface area (Å²) in [5.41, 5.74) is 1.35. The van der Waals surface area contributed by atoms with Crippen LogP contribution in [0.4, 0.5) is 4.39 Å². The highest BCUT2D eigenvalue weighted by atomic mass is 35.5. The van der Waals surface area contributed by atoms with E-state index in [0.29, 0.717) is 17.2 Å². The van der Waals surface area contributed by atoms with Gasteiger partial charge in [-0.1, -0.05) is 41.9 Å². The molecule has 0 spiro atoms. The van der Waals surface area contributed by atoms with Crippen LogP contribution in [0, 0.1) is 5.82 Å². The molecule has 0 heterocycles. The lowest BCUT2D eigenvalue weighted by Gasteiger charge is -2.08. The summed E-state index contributed by atoms with van der Waals surface area (Å²) < 4.78 is 18.8. The van der Waals surface area contributed by atoms with E-state index in [4.69, 9.17) is 26.4 Å². The molecule has 0 aliphatic rings. The van der Waals surface area contributed by atoms with Gasteiger partial charge in [-0.05, 0) is 23.3 Å². The highest BCUT2D eigenvalue weighted by Crippen LogP contribution is 2.16. The molecule has 0 bridgehead atoms. The molecular weight excluding hydrogens is 281 g/mol. The number of hydrogen-bond acceptors (Lipinski definition) is 3. The normalized spacial score (nSPS) is 10.6. The summed E-state index contributed by atoms with van der Waals surface area (Å²) >= 11 is 6.00. The zero-order valence-corrected chi connectivity index (χ0v) is 11.3. The lowest BCUT2D eigenvalue weighted by molar-refractivity contribution is 0.107. The van der Waals surface area contributed by atoms with E-state index in [1.165, 1.54) is 18.2 Å². The van der Waals surface area contributed by atoms with Crippen molar-refractivity contribution in [3.8, 4) is 0 Å². The Labute approximate surface area is 121 Å². The molecule has 0 saturated heterocycles. The van der Waals surface area contributed by atoms with Crippen molar-refractivity contribution in [3.63, 3.8) is 0 Å². The first-order valence-corrected chi connectivity index (χ1v) is 6.41. The van der Waals surface area contributed by atoms with Crippen molar-refractivity contribution in [2.75, 3.05) is 0 Å². The first kappa shape index (κ1) is 15.0. The molecule has 2 aromatic rings. The molecular formula is C14H13BClFO3. The van der Waals surface area contributed by atoms with Crippen LogP contribution in [0.3, 0.4) is 0 Å².